The van der Waals surface area contributed by atoms with E-state index in [-0.39, 0.29) is 17.4 Å². The van der Waals surface area contributed by atoms with Gasteiger partial charge in [0.1, 0.15) is 11.5 Å². The predicted molar refractivity (Wildman–Crippen MR) is 142 cm³/mol. The number of aliphatic hydroxyl groups excluding tert-OH is 1. The molecule has 1 aliphatic rings. The first-order chi connectivity index (χ1) is 17.7. The number of aryl methyl sites for hydroxylation is 2. The summed E-state index contributed by atoms with van der Waals surface area (Å²) in [6.07, 6.45) is -0.0619. The molecular weight excluding hydrogens is 470 g/mol. The van der Waals surface area contributed by atoms with Gasteiger partial charge in [-0.25, -0.2) is 0 Å². The highest BCUT2D eigenvalue weighted by Crippen LogP contribution is 2.44. The summed E-state index contributed by atoms with van der Waals surface area (Å²) in [5.74, 6) is -0.324. The SMILES string of the molecule is COc1ccc(/C(O)=C2\C(=O)C(=O)N(c3ccc(C)c(C)c3)C2c2cccc(OC(C)C)c2)cc1OC. The molecule has 1 aliphatic heterocycles. The summed E-state index contributed by atoms with van der Waals surface area (Å²) >= 11 is 0. The molecule has 192 valence electrons. The fourth-order valence-electron chi connectivity index (χ4n) is 4.46. The number of hydrogen-bond donors (Lipinski definition) is 1. The Morgan fingerprint density at radius 1 is 0.892 bits per heavy atom. The number of ether oxygens (including phenoxy) is 3. The molecule has 1 atom stereocenters. The molecule has 0 bridgehead atoms. The van der Waals surface area contributed by atoms with Crippen molar-refractivity contribution >= 4 is 23.1 Å². The van der Waals surface area contributed by atoms with Gasteiger partial charge in [0.2, 0.25) is 0 Å². The molecule has 1 unspecified atom stereocenters. The van der Waals surface area contributed by atoms with Gasteiger partial charge in [-0.2, -0.15) is 0 Å². The van der Waals surface area contributed by atoms with Crippen LogP contribution >= 0.6 is 0 Å². The van der Waals surface area contributed by atoms with Crippen LogP contribution in [0.5, 0.6) is 17.2 Å². The van der Waals surface area contributed by atoms with Crippen LogP contribution in [0, 0.1) is 13.8 Å². The molecule has 7 heteroatoms. The van der Waals surface area contributed by atoms with E-state index in [0.29, 0.717) is 34.1 Å². The van der Waals surface area contributed by atoms with E-state index >= 15 is 0 Å². The van der Waals surface area contributed by atoms with Crippen LogP contribution in [0.3, 0.4) is 0 Å². The number of hydrogen-bond acceptors (Lipinski definition) is 6. The number of carbonyl (C=O) groups excluding carboxylic acids is 2. The molecule has 0 aliphatic carbocycles. The average molecular weight is 502 g/mol. The number of nitrogens with zero attached hydrogens (tertiary/aromatic N) is 1. The lowest BCUT2D eigenvalue weighted by molar-refractivity contribution is -0.132. The second-order valence-corrected chi connectivity index (χ2v) is 9.25. The molecule has 3 aromatic rings. The number of carbonyl (C=O) groups is 2. The maximum atomic E-state index is 13.5. The van der Waals surface area contributed by atoms with Crippen LogP contribution in [0.1, 0.15) is 42.1 Å². The molecule has 0 radical (unpaired) electrons. The summed E-state index contributed by atoms with van der Waals surface area (Å²) in [6.45, 7) is 7.77. The van der Waals surface area contributed by atoms with Crippen molar-refractivity contribution in [2.45, 2.75) is 39.8 Å². The van der Waals surface area contributed by atoms with Gasteiger partial charge in [-0.05, 0) is 86.8 Å². The third kappa shape index (κ3) is 4.89. The van der Waals surface area contributed by atoms with Crippen molar-refractivity contribution < 1.29 is 28.9 Å². The van der Waals surface area contributed by atoms with E-state index in [1.807, 2.05) is 64.1 Å². The van der Waals surface area contributed by atoms with Crippen LogP contribution < -0.4 is 19.1 Å². The predicted octanol–water partition coefficient (Wildman–Crippen LogP) is 5.73. The Kier molecular flexibility index (Phi) is 7.25. The van der Waals surface area contributed by atoms with Crippen molar-refractivity contribution in [2.24, 2.45) is 0 Å². The molecule has 1 heterocycles. The van der Waals surface area contributed by atoms with Crippen molar-refractivity contribution in [1.29, 1.82) is 0 Å². The minimum Gasteiger partial charge on any atom is -0.507 e. The van der Waals surface area contributed by atoms with Gasteiger partial charge in [0.25, 0.3) is 11.7 Å². The van der Waals surface area contributed by atoms with E-state index in [1.54, 1.807) is 24.3 Å². The van der Waals surface area contributed by atoms with Crippen molar-refractivity contribution in [3.63, 3.8) is 0 Å². The zero-order valence-electron chi connectivity index (χ0n) is 21.9. The van der Waals surface area contributed by atoms with Crippen molar-refractivity contribution in [3.8, 4) is 17.2 Å². The first-order valence-corrected chi connectivity index (χ1v) is 12.0. The monoisotopic (exact) mass is 501 g/mol. The maximum Gasteiger partial charge on any atom is 0.300 e. The molecule has 37 heavy (non-hydrogen) atoms. The minimum absolute atomic E-state index is 0.0165. The molecule has 1 amide bonds. The second-order valence-electron chi connectivity index (χ2n) is 9.25. The minimum atomic E-state index is -0.870. The van der Waals surface area contributed by atoms with Crippen molar-refractivity contribution in [3.05, 3.63) is 88.5 Å². The zero-order chi connectivity index (χ0) is 26.9. The summed E-state index contributed by atoms with van der Waals surface area (Å²) in [4.78, 5) is 28.4. The van der Waals surface area contributed by atoms with E-state index in [9.17, 15) is 14.7 Å². The van der Waals surface area contributed by atoms with E-state index < -0.39 is 17.7 Å². The van der Waals surface area contributed by atoms with E-state index in [0.717, 1.165) is 11.1 Å². The third-order valence-electron chi connectivity index (χ3n) is 6.42. The number of benzene rings is 3. The molecule has 0 aromatic heterocycles. The quantitative estimate of drug-likeness (QED) is 0.253. The topological polar surface area (TPSA) is 85.3 Å². The van der Waals surface area contributed by atoms with Gasteiger partial charge >= 0.3 is 0 Å². The molecule has 0 saturated carbocycles. The van der Waals surface area contributed by atoms with Gasteiger partial charge < -0.3 is 19.3 Å². The van der Waals surface area contributed by atoms with Crippen LogP contribution in [-0.4, -0.2) is 37.1 Å². The molecule has 4 rings (SSSR count). The highest BCUT2D eigenvalue weighted by molar-refractivity contribution is 6.51. The van der Waals surface area contributed by atoms with Crippen LogP contribution in [0.4, 0.5) is 5.69 Å². The number of amides is 1. The summed E-state index contributed by atoms with van der Waals surface area (Å²) in [5.41, 5.74) is 3.56. The Morgan fingerprint density at radius 2 is 1.62 bits per heavy atom. The summed E-state index contributed by atoms with van der Waals surface area (Å²) < 4.78 is 16.6. The second kappa shape index (κ2) is 10.4. The largest absolute Gasteiger partial charge is 0.507 e. The van der Waals surface area contributed by atoms with Crippen LogP contribution in [0.2, 0.25) is 0 Å². The first-order valence-electron chi connectivity index (χ1n) is 12.0. The van der Waals surface area contributed by atoms with Crippen LogP contribution in [-0.2, 0) is 9.59 Å². The Labute approximate surface area is 216 Å². The Hall–Kier alpha value is -4.26. The first kappa shape index (κ1) is 25.8. The standard InChI is InChI=1S/C30H31NO6/c1-17(2)37-23-9-7-8-20(15-23)27-26(28(32)21-11-13-24(35-5)25(16-21)36-6)29(33)30(34)31(27)22-12-10-18(3)19(4)14-22/h7-17,27,32H,1-6H3/b28-26+. The number of Topliss-reactive ketones (excluding diaryl/α,β-unsaturated/α-hetero) is 1. The van der Waals surface area contributed by atoms with Crippen LogP contribution in [0.25, 0.3) is 5.76 Å². The number of anilines is 1. The van der Waals surface area contributed by atoms with Gasteiger partial charge in [0.05, 0.1) is 31.9 Å². The van der Waals surface area contributed by atoms with Gasteiger partial charge in [-0.15, -0.1) is 0 Å². The van der Waals surface area contributed by atoms with E-state index in [2.05, 4.69) is 0 Å². The molecule has 3 aromatic carbocycles. The highest BCUT2D eigenvalue weighted by atomic mass is 16.5. The normalized spacial score (nSPS) is 16.8. The summed E-state index contributed by atoms with van der Waals surface area (Å²) in [6, 6.07) is 16.8. The number of ketones is 1. The fraction of sp³-hybridized carbons (Fsp3) is 0.267. The fourth-order valence-corrected chi connectivity index (χ4v) is 4.46. The lowest BCUT2D eigenvalue weighted by Gasteiger charge is -2.26. The highest BCUT2D eigenvalue weighted by Gasteiger charge is 2.47. The molecule has 1 saturated heterocycles. The molecule has 7 nitrogen and oxygen atoms in total. The van der Waals surface area contributed by atoms with Gasteiger partial charge in [-0.1, -0.05) is 18.2 Å². The summed E-state index contributed by atoms with van der Waals surface area (Å²) in [7, 11) is 3.00. The average Bonchev–Trinajstić information content (AvgIpc) is 3.14. The van der Waals surface area contributed by atoms with Gasteiger partial charge in [0, 0.05) is 11.3 Å². The lowest BCUT2D eigenvalue weighted by Crippen LogP contribution is -2.29. The summed E-state index contributed by atoms with van der Waals surface area (Å²) in [5, 5.41) is 11.5. The van der Waals surface area contributed by atoms with Gasteiger partial charge in [-0.3, -0.25) is 14.5 Å². The molecule has 1 fully saturated rings. The molecule has 0 spiro atoms. The van der Waals surface area contributed by atoms with Crippen molar-refractivity contribution in [2.75, 3.05) is 19.1 Å². The maximum absolute atomic E-state index is 13.5. The number of rotatable bonds is 7. The zero-order valence-corrected chi connectivity index (χ0v) is 21.9. The van der Waals surface area contributed by atoms with Gasteiger partial charge in [0.15, 0.2) is 11.5 Å². The Bertz CT molecular complexity index is 1390. The third-order valence-corrected chi connectivity index (χ3v) is 6.42. The Balaban J connectivity index is 1.95. The van der Waals surface area contributed by atoms with E-state index in [4.69, 9.17) is 14.2 Å². The molecular formula is C30H31NO6. The van der Waals surface area contributed by atoms with E-state index in [1.165, 1.54) is 19.1 Å². The lowest BCUT2D eigenvalue weighted by atomic mass is 9.94. The smallest absolute Gasteiger partial charge is 0.300 e. The van der Waals surface area contributed by atoms with Crippen molar-refractivity contribution in [1.82, 2.24) is 0 Å². The Morgan fingerprint density at radius 3 is 2.27 bits per heavy atom. The van der Waals surface area contributed by atoms with Crippen LogP contribution in [0.15, 0.2) is 66.2 Å². The molecule has 1 N–H and O–H groups in total. The number of aliphatic hydroxyl groups is 1. The number of methoxy groups -OCH3 is 2.